The molecule has 0 bridgehead atoms. The van der Waals surface area contributed by atoms with Gasteiger partial charge in [-0.2, -0.15) is 0 Å². The lowest BCUT2D eigenvalue weighted by Crippen LogP contribution is -2.37. The molecule has 0 fully saturated rings. The molecule has 1 unspecified atom stereocenters. The minimum atomic E-state index is -3.80. The lowest BCUT2D eigenvalue weighted by atomic mass is 10.1. The predicted molar refractivity (Wildman–Crippen MR) is 156 cm³/mol. The molecule has 1 aromatic carbocycles. The van der Waals surface area contributed by atoms with Crippen molar-refractivity contribution in [3.63, 3.8) is 0 Å². The number of carbonyl (C=O) groups excluding carboxylic acids is 1. The van der Waals surface area contributed by atoms with E-state index in [1.165, 1.54) is 6.33 Å². The zero-order chi connectivity index (χ0) is 29.7. The lowest BCUT2D eigenvalue weighted by molar-refractivity contribution is -0.149. The van der Waals surface area contributed by atoms with Gasteiger partial charge in [0, 0.05) is 5.56 Å². The van der Waals surface area contributed by atoms with Crippen molar-refractivity contribution in [2.45, 2.75) is 52.5 Å². The van der Waals surface area contributed by atoms with E-state index in [-0.39, 0.29) is 24.0 Å². The summed E-state index contributed by atoms with van der Waals surface area (Å²) in [5.41, 5.74) is 13.9. The van der Waals surface area contributed by atoms with Crippen LogP contribution in [0.5, 0.6) is 5.75 Å². The van der Waals surface area contributed by atoms with Crippen molar-refractivity contribution in [2.75, 3.05) is 17.8 Å². The first kappa shape index (κ1) is 30.2. The molecular formula is C26H32ClN8O5P. The van der Waals surface area contributed by atoms with Crippen LogP contribution in [0, 0.1) is 0 Å². The number of esters is 1. The molecule has 15 heteroatoms. The number of aromatic nitrogens is 5. The number of fused-ring (bicyclic) bond motifs is 1. The van der Waals surface area contributed by atoms with Gasteiger partial charge in [0.2, 0.25) is 0 Å². The number of hydrogen-bond acceptors (Lipinski definition) is 11. The lowest BCUT2D eigenvalue weighted by Gasteiger charge is -2.25. The summed E-state index contributed by atoms with van der Waals surface area (Å²) in [6, 6.07) is 8.99. The number of ether oxygens (including phenoxy) is 2. The first-order valence-electron chi connectivity index (χ1n) is 12.8. The fraction of sp³-hybridized carbons (Fsp3) is 0.346. The number of anilines is 2. The second-order valence-electron chi connectivity index (χ2n) is 9.63. The van der Waals surface area contributed by atoms with Gasteiger partial charge in [0.25, 0.3) is 0 Å². The van der Waals surface area contributed by atoms with Gasteiger partial charge in [-0.1, -0.05) is 11.6 Å². The Morgan fingerprint density at radius 1 is 1.07 bits per heavy atom. The van der Waals surface area contributed by atoms with Gasteiger partial charge in [0.15, 0.2) is 11.5 Å². The smallest absolute Gasteiger partial charge is 0.342 e. The number of nitrogens with one attached hydrogen (secondary N) is 1. The minimum absolute atomic E-state index is 0.270. The van der Waals surface area contributed by atoms with Crippen LogP contribution in [0.25, 0.3) is 22.4 Å². The standard InChI is InChI=1S/C26H32ClN8O5P/c1-15(2)39-26(36)17(4)34-41(37,14-38-16(3)11-35-13-32-23-24(29)30-12-31-25(23)35)40-19-7-5-18(6-8-19)22-20(27)9-10-21(28)33-22/h5-10,12-13,15-17H,11,14H2,1-4H3,(H2,28,33)(H,34,37)(H2,29,30,31)/t16-,17+,41?/m1/s1. The highest BCUT2D eigenvalue weighted by Crippen LogP contribution is 2.44. The van der Waals surface area contributed by atoms with Gasteiger partial charge in [0.05, 0.1) is 35.8 Å². The zero-order valence-corrected chi connectivity index (χ0v) is 24.7. The molecule has 0 aliphatic carbocycles. The average Bonchev–Trinajstić information content (AvgIpc) is 3.33. The van der Waals surface area contributed by atoms with E-state index in [2.05, 4.69) is 25.0 Å². The first-order valence-corrected chi connectivity index (χ1v) is 14.9. The maximum absolute atomic E-state index is 14.0. The highest BCUT2D eigenvalue weighted by atomic mass is 35.5. The van der Waals surface area contributed by atoms with Gasteiger partial charge in [-0.15, -0.1) is 0 Å². The highest BCUT2D eigenvalue weighted by molar-refractivity contribution is 7.57. The van der Waals surface area contributed by atoms with E-state index in [1.807, 2.05) is 0 Å². The van der Waals surface area contributed by atoms with Crippen molar-refractivity contribution in [2.24, 2.45) is 0 Å². The Labute approximate surface area is 242 Å². The topological polar surface area (TPSA) is 182 Å². The van der Waals surface area contributed by atoms with Crippen LogP contribution in [0.4, 0.5) is 11.6 Å². The summed E-state index contributed by atoms with van der Waals surface area (Å²) < 4.78 is 32.9. The molecule has 0 radical (unpaired) electrons. The molecule has 0 saturated heterocycles. The molecule has 5 N–H and O–H groups in total. The third-order valence-corrected chi connectivity index (χ3v) is 7.84. The minimum Gasteiger partial charge on any atom is -0.462 e. The Balaban J connectivity index is 1.50. The average molecular weight is 603 g/mol. The number of rotatable bonds is 12. The number of hydrogen-bond donors (Lipinski definition) is 3. The molecule has 218 valence electrons. The van der Waals surface area contributed by atoms with Crippen molar-refractivity contribution in [1.82, 2.24) is 29.6 Å². The number of nitrogen functional groups attached to an aromatic ring is 2. The van der Waals surface area contributed by atoms with Gasteiger partial charge < -0.3 is 30.0 Å². The molecule has 0 saturated carbocycles. The Hall–Kier alpha value is -3.77. The van der Waals surface area contributed by atoms with Crippen LogP contribution in [0.1, 0.15) is 27.7 Å². The highest BCUT2D eigenvalue weighted by Gasteiger charge is 2.32. The summed E-state index contributed by atoms with van der Waals surface area (Å²) in [7, 11) is -3.80. The van der Waals surface area contributed by atoms with Crippen LogP contribution in [0.15, 0.2) is 49.1 Å². The summed E-state index contributed by atoms with van der Waals surface area (Å²) >= 11 is 6.28. The maximum Gasteiger partial charge on any atom is 0.342 e. The Bertz CT molecular complexity index is 1570. The van der Waals surface area contributed by atoms with Crippen molar-refractivity contribution in [1.29, 1.82) is 0 Å². The van der Waals surface area contributed by atoms with Crippen molar-refractivity contribution >= 4 is 47.9 Å². The van der Waals surface area contributed by atoms with Crippen LogP contribution < -0.4 is 21.1 Å². The van der Waals surface area contributed by atoms with Gasteiger partial charge >= 0.3 is 13.5 Å². The molecule has 4 rings (SSSR count). The number of benzene rings is 1. The molecule has 4 aromatic rings. The fourth-order valence-corrected chi connectivity index (χ4v) is 5.87. The molecule has 0 aliphatic heterocycles. The number of nitrogens with zero attached hydrogens (tertiary/aromatic N) is 5. The summed E-state index contributed by atoms with van der Waals surface area (Å²) in [5.74, 6) is 0.299. The van der Waals surface area contributed by atoms with E-state index in [0.717, 1.165) is 0 Å². The Morgan fingerprint density at radius 3 is 2.51 bits per heavy atom. The van der Waals surface area contributed by atoms with Crippen LogP contribution in [0.3, 0.4) is 0 Å². The molecule has 3 atom stereocenters. The molecule has 13 nitrogen and oxygen atoms in total. The number of halogens is 1. The molecule has 0 spiro atoms. The number of carbonyl (C=O) groups is 1. The van der Waals surface area contributed by atoms with Crippen LogP contribution >= 0.6 is 19.1 Å². The molecule has 0 amide bonds. The molecule has 3 heterocycles. The molecule has 3 aromatic heterocycles. The van der Waals surface area contributed by atoms with Crippen molar-refractivity contribution in [3.05, 3.63) is 54.1 Å². The second-order valence-corrected chi connectivity index (χ2v) is 12.1. The normalized spacial score (nSPS) is 14.5. The number of pyridine rings is 1. The third-order valence-electron chi connectivity index (χ3n) is 5.76. The van der Waals surface area contributed by atoms with Crippen molar-refractivity contribution in [3.8, 4) is 17.0 Å². The number of nitrogens with two attached hydrogens (primary N) is 2. The van der Waals surface area contributed by atoms with E-state index >= 15 is 0 Å². The molecular weight excluding hydrogens is 571 g/mol. The van der Waals surface area contributed by atoms with E-state index < -0.39 is 25.6 Å². The summed E-state index contributed by atoms with van der Waals surface area (Å²) in [5, 5.41) is 3.22. The fourth-order valence-electron chi connectivity index (χ4n) is 3.86. The number of imidazole rings is 1. The second kappa shape index (κ2) is 12.8. The van der Waals surface area contributed by atoms with Crippen molar-refractivity contribution < 1.29 is 23.4 Å². The summed E-state index contributed by atoms with van der Waals surface area (Å²) in [6.45, 7) is 7.14. The zero-order valence-electron chi connectivity index (χ0n) is 23.0. The van der Waals surface area contributed by atoms with Gasteiger partial charge in [-0.05, 0) is 64.1 Å². The predicted octanol–water partition coefficient (Wildman–Crippen LogP) is 4.27. The third kappa shape index (κ3) is 7.70. The van der Waals surface area contributed by atoms with Gasteiger partial charge in [-0.3, -0.25) is 9.36 Å². The van der Waals surface area contributed by atoms with Crippen LogP contribution in [-0.4, -0.2) is 55.1 Å². The van der Waals surface area contributed by atoms with E-state index in [0.29, 0.717) is 39.8 Å². The maximum atomic E-state index is 14.0. The van der Waals surface area contributed by atoms with Gasteiger partial charge in [0.1, 0.15) is 35.8 Å². The van der Waals surface area contributed by atoms with E-state index in [4.69, 9.17) is 37.1 Å². The van der Waals surface area contributed by atoms with Gasteiger partial charge in [-0.25, -0.2) is 25.0 Å². The monoisotopic (exact) mass is 602 g/mol. The SMILES string of the molecule is CC(C)OC(=O)[C@H](C)NP(=O)(CO[C@H](C)Cn1cnc2c(N)ncnc21)Oc1ccc(-c2nc(N)ccc2Cl)cc1. The van der Waals surface area contributed by atoms with E-state index in [9.17, 15) is 9.36 Å². The van der Waals surface area contributed by atoms with Crippen LogP contribution in [0.2, 0.25) is 5.02 Å². The van der Waals surface area contributed by atoms with Crippen LogP contribution in [-0.2, 0) is 25.4 Å². The first-order chi connectivity index (χ1) is 19.4. The molecule has 0 aliphatic rings. The summed E-state index contributed by atoms with van der Waals surface area (Å²) in [4.78, 5) is 29.2. The van der Waals surface area contributed by atoms with E-state index in [1.54, 1.807) is 75.0 Å². The summed E-state index contributed by atoms with van der Waals surface area (Å²) in [6.07, 6.45) is 1.80. The Morgan fingerprint density at radius 2 is 1.80 bits per heavy atom. The quantitative estimate of drug-likeness (QED) is 0.155. The Kier molecular flexibility index (Phi) is 9.44. The largest absolute Gasteiger partial charge is 0.462 e. The molecule has 41 heavy (non-hydrogen) atoms.